The number of aliphatic hydroxyl groups is 1. The van der Waals surface area contributed by atoms with Crippen molar-refractivity contribution in [1.82, 2.24) is 5.32 Å². The van der Waals surface area contributed by atoms with Crippen molar-refractivity contribution in [2.45, 2.75) is 31.6 Å². The molecular weight excluding hydrogens is 366 g/mol. The van der Waals surface area contributed by atoms with E-state index in [0.717, 1.165) is 0 Å². The van der Waals surface area contributed by atoms with Crippen molar-refractivity contribution in [2.24, 2.45) is 0 Å². The molecule has 0 radical (unpaired) electrons. The third-order valence-corrected chi connectivity index (χ3v) is 4.60. The summed E-state index contributed by atoms with van der Waals surface area (Å²) in [5.41, 5.74) is 0.285. The Hall–Kier alpha value is -3.39. The van der Waals surface area contributed by atoms with Crippen LogP contribution in [-0.4, -0.2) is 45.3 Å². The van der Waals surface area contributed by atoms with E-state index in [1.807, 2.05) is 0 Å². The Labute approximate surface area is 160 Å². The maximum atomic E-state index is 12.6. The lowest BCUT2D eigenvalue weighted by atomic mass is 9.93. The number of phenols is 1. The molecule has 1 heterocycles. The van der Waals surface area contributed by atoms with Crippen LogP contribution >= 0.6 is 0 Å². The van der Waals surface area contributed by atoms with Crippen LogP contribution in [0.4, 0.5) is 0 Å². The summed E-state index contributed by atoms with van der Waals surface area (Å²) in [4.78, 5) is 36.2. The summed E-state index contributed by atoms with van der Waals surface area (Å²) in [6, 6.07) is 10.1. The number of rotatable bonds is 5. The van der Waals surface area contributed by atoms with Crippen molar-refractivity contribution >= 4 is 17.8 Å². The summed E-state index contributed by atoms with van der Waals surface area (Å²) in [6.45, 7) is 1.50. The highest BCUT2D eigenvalue weighted by atomic mass is 16.6. The molecule has 4 N–H and O–H groups in total. The van der Waals surface area contributed by atoms with Crippen LogP contribution in [0.1, 0.15) is 44.9 Å². The minimum absolute atomic E-state index is 0.0475. The standard InChI is InChI=1S/C20H19NO7/c1-10-16(22)12-7-8-13(17(23)15(12)20(27)28-10)18(24)21-14(19(25)26)9-11-5-3-2-4-6-11/h2-8,10,14,16,22-23H,9H2,1H3,(H,21,24)(H,25,26)/t10-,14?,16?/m1/s1. The smallest absolute Gasteiger partial charge is 0.342 e. The van der Waals surface area contributed by atoms with E-state index >= 15 is 0 Å². The van der Waals surface area contributed by atoms with Gasteiger partial charge in [-0.25, -0.2) is 9.59 Å². The number of fused-ring (bicyclic) bond motifs is 1. The lowest BCUT2D eigenvalue weighted by Gasteiger charge is -2.28. The van der Waals surface area contributed by atoms with Gasteiger partial charge in [-0.15, -0.1) is 0 Å². The second-order valence-corrected chi connectivity index (χ2v) is 6.54. The number of carboxylic acid groups (broad SMARTS) is 1. The number of esters is 1. The van der Waals surface area contributed by atoms with E-state index in [1.165, 1.54) is 19.1 Å². The Morgan fingerprint density at radius 2 is 1.86 bits per heavy atom. The number of benzene rings is 2. The molecule has 8 heteroatoms. The molecule has 0 spiro atoms. The van der Waals surface area contributed by atoms with E-state index in [0.29, 0.717) is 5.56 Å². The lowest BCUT2D eigenvalue weighted by Crippen LogP contribution is -2.42. The molecule has 0 fully saturated rings. The molecule has 0 saturated carbocycles. The molecule has 1 aliphatic rings. The number of hydrogen-bond donors (Lipinski definition) is 4. The van der Waals surface area contributed by atoms with Crippen molar-refractivity contribution < 1.29 is 34.4 Å². The van der Waals surface area contributed by atoms with Crippen molar-refractivity contribution in [2.75, 3.05) is 0 Å². The number of phenolic OH excluding ortho intramolecular Hbond substituents is 1. The largest absolute Gasteiger partial charge is 0.506 e. The number of nitrogens with one attached hydrogen (secondary N) is 1. The fourth-order valence-corrected chi connectivity index (χ4v) is 3.08. The Balaban J connectivity index is 1.87. The number of amides is 1. The molecule has 3 rings (SSSR count). The minimum Gasteiger partial charge on any atom is -0.506 e. The summed E-state index contributed by atoms with van der Waals surface area (Å²) in [6.07, 6.45) is -1.88. The van der Waals surface area contributed by atoms with Crippen LogP contribution in [0.3, 0.4) is 0 Å². The van der Waals surface area contributed by atoms with E-state index in [9.17, 15) is 29.7 Å². The lowest BCUT2D eigenvalue weighted by molar-refractivity contribution is -0.139. The molecule has 146 valence electrons. The third kappa shape index (κ3) is 3.67. The number of carboxylic acids is 1. The molecule has 0 saturated heterocycles. The molecule has 0 bridgehead atoms. The van der Waals surface area contributed by atoms with E-state index in [4.69, 9.17) is 4.74 Å². The van der Waals surface area contributed by atoms with Crippen molar-refractivity contribution in [1.29, 1.82) is 0 Å². The van der Waals surface area contributed by atoms with Crippen molar-refractivity contribution in [3.8, 4) is 5.75 Å². The van der Waals surface area contributed by atoms with Gasteiger partial charge < -0.3 is 25.4 Å². The number of carbonyl (C=O) groups is 3. The molecule has 8 nitrogen and oxygen atoms in total. The number of aliphatic hydroxyl groups excluding tert-OH is 1. The molecular formula is C20H19NO7. The summed E-state index contributed by atoms with van der Waals surface area (Å²) in [7, 11) is 0. The van der Waals surface area contributed by atoms with E-state index in [-0.39, 0.29) is 23.1 Å². The molecule has 28 heavy (non-hydrogen) atoms. The summed E-state index contributed by atoms with van der Waals surface area (Å²) in [5.74, 6) is -3.61. The molecule has 0 aromatic heterocycles. The zero-order valence-electron chi connectivity index (χ0n) is 15.0. The van der Waals surface area contributed by atoms with Crippen LogP contribution in [0.2, 0.25) is 0 Å². The van der Waals surface area contributed by atoms with Crippen LogP contribution in [0.15, 0.2) is 42.5 Å². The molecule has 1 aliphatic heterocycles. The van der Waals surface area contributed by atoms with Gasteiger partial charge in [-0.1, -0.05) is 36.4 Å². The Morgan fingerprint density at radius 1 is 1.18 bits per heavy atom. The fraction of sp³-hybridized carbons (Fsp3) is 0.250. The van der Waals surface area contributed by atoms with Gasteiger partial charge in [0.25, 0.3) is 5.91 Å². The van der Waals surface area contributed by atoms with Crippen molar-refractivity contribution in [3.63, 3.8) is 0 Å². The zero-order valence-corrected chi connectivity index (χ0v) is 15.0. The van der Waals surface area contributed by atoms with Gasteiger partial charge in [0.15, 0.2) is 0 Å². The van der Waals surface area contributed by atoms with Crippen LogP contribution in [0.5, 0.6) is 5.75 Å². The first kappa shape index (κ1) is 19.4. The van der Waals surface area contributed by atoms with Gasteiger partial charge in [-0.2, -0.15) is 0 Å². The van der Waals surface area contributed by atoms with Gasteiger partial charge in [0.2, 0.25) is 0 Å². The number of ether oxygens (including phenoxy) is 1. The van der Waals surface area contributed by atoms with E-state index < -0.39 is 41.8 Å². The monoisotopic (exact) mass is 385 g/mol. The highest BCUT2D eigenvalue weighted by Crippen LogP contribution is 2.36. The quantitative estimate of drug-likeness (QED) is 0.572. The summed E-state index contributed by atoms with van der Waals surface area (Å²) in [5, 5.41) is 32.3. The van der Waals surface area contributed by atoms with E-state index in [1.54, 1.807) is 30.3 Å². The van der Waals surface area contributed by atoms with Crippen LogP contribution in [0.25, 0.3) is 0 Å². The maximum Gasteiger partial charge on any atom is 0.342 e. The van der Waals surface area contributed by atoms with Crippen LogP contribution < -0.4 is 5.32 Å². The highest BCUT2D eigenvalue weighted by Gasteiger charge is 2.36. The predicted molar refractivity (Wildman–Crippen MR) is 97.0 cm³/mol. The minimum atomic E-state index is -1.24. The SMILES string of the molecule is C[C@H]1OC(=O)c2c(ccc(C(=O)NC(Cc3ccccc3)C(=O)O)c2O)C1O. The molecule has 2 aromatic carbocycles. The van der Waals surface area contributed by atoms with Crippen LogP contribution in [-0.2, 0) is 16.0 Å². The van der Waals surface area contributed by atoms with Gasteiger partial charge >= 0.3 is 11.9 Å². The second-order valence-electron chi connectivity index (χ2n) is 6.54. The predicted octanol–water partition coefficient (Wildman–Crippen LogP) is 1.41. The normalized spacial score (nSPS) is 19.3. The first-order chi connectivity index (χ1) is 13.3. The van der Waals surface area contributed by atoms with Crippen molar-refractivity contribution in [3.05, 3.63) is 64.7 Å². The first-order valence-electron chi connectivity index (χ1n) is 8.62. The molecule has 3 atom stereocenters. The van der Waals surface area contributed by atoms with Crippen LogP contribution in [0, 0.1) is 0 Å². The van der Waals surface area contributed by atoms with Gasteiger partial charge in [-0.05, 0) is 18.6 Å². The second kappa shape index (κ2) is 7.69. The third-order valence-electron chi connectivity index (χ3n) is 4.60. The zero-order chi connectivity index (χ0) is 20.4. The number of carbonyl (C=O) groups excluding carboxylic acids is 2. The summed E-state index contributed by atoms with van der Waals surface area (Å²) >= 11 is 0. The van der Waals surface area contributed by atoms with E-state index in [2.05, 4.69) is 5.32 Å². The maximum absolute atomic E-state index is 12.6. The summed E-state index contributed by atoms with van der Waals surface area (Å²) < 4.78 is 4.96. The molecule has 1 amide bonds. The van der Waals surface area contributed by atoms with Gasteiger partial charge in [0.05, 0.1) is 5.56 Å². The molecule has 0 aliphatic carbocycles. The fourth-order valence-electron chi connectivity index (χ4n) is 3.08. The number of aromatic hydroxyl groups is 1. The van der Waals surface area contributed by atoms with Gasteiger partial charge in [0, 0.05) is 12.0 Å². The Kier molecular flexibility index (Phi) is 5.32. The topological polar surface area (TPSA) is 133 Å². The number of hydrogen-bond acceptors (Lipinski definition) is 6. The number of aliphatic carboxylic acids is 1. The van der Waals surface area contributed by atoms with Gasteiger partial charge in [-0.3, -0.25) is 4.79 Å². The first-order valence-corrected chi connectivity index (χ1v) is 8.62. The Bertz CT molecular complexity index is 926. The van der Waals surface area contributed by atoms with Gasteiger partial charge in [0.1, 0.15) is 29.6 Å². The average Bonchev–Trinajstić information content (AvgIpc) is 2.66. The molecule has 2 aromatic rings. The highest BCUT2D eigenvalue weighted by molar-refractivity contribution is 6.04. The Morgan fingerprint density at radius 3 is 2.50 bits per heavy atom. The molecule has 2 unspecified atom stereocenters. The number of cyclic esters (lactones) is 1. The average molecular weight is 385 g/mol.